The zero-order chi connectivity index (χ0) is 13.7. The summed E-state index contributed by atoms with van der Waals surface area (Å²) in [5.74, 6) is 0.696. The summed E-state index contributed by atoms with van der Waals surface area (Å²) < 4.78 is 0. The fourth-order valence-corrected chi connectivity index (χ4v) is 2.22. The van der Waals surface area contributed by atoms with Crippen LogP contribution in [0.15, 0.2) is 18.2 Å². The van der Waals surface area contributed by atoms with Gasteiger partial charge < -0.3 is 5.73 Å². The largest absolute Gasteiger partial charge is 0.389 e. The second kappa shape index (κ2) is 6.86. The van der Waals surface area contributed by atoms with Crippen molar-refractivity contribution in [3.05, 3.63) is 34.9 Å². The van der Waals surface area contributed by atoms with Crippen LogP contribution in [0.4, 0.5) is 0 Å². The quantitative estimate of drug-likeness (QED) is 0.801. The summed E-state index contributed by atoms with van der Waals surface area (Å²) in [7, 11) is 0. The summed E-state index contributed by atoms with van der Waals surface area (Å²) in [6.07, 6.45) is 0. The Bertz CT molecular complexity index is 413. The molecule has 1 aromatic carbocycles. The SMILES string of the molecule is CCN(Cc1ccc(C(N)=S)cc1C)CC(C)C. The predicted octanol–water partition coefficient (Wildman–Crippen LogP) is 3.11. The molecule has 0 atom stereocenters. The number of rotatable bonds is 6. The fourth-order valence-electron chi connectivity index (χ4n) is 2.09. The molecule has 0 amide bonds. The molecule has 0 aliphatic heterocycles. The fraction of sp³-hybridized carbons (Fsp3) is 0.533. The van der Waals surface area contributed by atoms with Gasteiger partial charge in [-0.1, -0.05) is 45.1 Å². The van der Waals surface area contributed by atoms with E-state index in [9.17, 15) is 0 Å². The Morgan fingerprint density at radius 2 is 2.06 bits per heavy atom. The topological polar surface area (TPSA) is 29.3 Å². The maximum atomic E-state index is 5.65. The van der Waals surface area contributed by atoms with Crippen LogP contribution in [0.5, 0.6) is 0 Å². The van der Waals surface area contributed by atoms with Crippen LogP contribution >= 0.6 is 12.2 Å². The number of nitrogens with two attached hydrogens (primary N) is 1. The molecule has 0 radical (unpaired) electrons. The molecule has 0 saturated carbocycles. The number of benzene rings is 1. The molecular formula is C15H24N2S. The summed E-state index contributed by atoms with van der Waals surface area (Å²) >= 11 is 5.00. The zero-order valence-electron chi connectivity index (χ0n) is 11.9. The van der Waals surface area contributed by atoms with Crippen LogP contribution in [0, 0.1) is 12.8 Å². The third-order valence-corrected chi connectivity index (χ3v) is 3.33. The average Bonchev–Trinajstić information content (AvgIpc) is 2.29. The highest BCUT2D eigenvalue weighted by Gasteiger charge is 2.08. The van der Waals surface area contributed by atoms with E-state index >= 15 is 0 Å². The van der Waals surface area contributed by atoms with E-state index in [0.29, 0.717) is 10.9 Å². The van der Waals surface area contributed by atoms with Crippen molar-refractivity contribution in [1.82, 2.24) is 4.90 Å². The van der Waals surface area contributed by atoms with Crippen molar-refractivity contribution < 1.29 is 0 Å². The van der Waals surface area contributed by atoms with Gasteiger partial charge in [0.2, 0.25) is 0 Å². The number of thiocarbonyl (C=S) groups is 1. The number of hydrogen-bond acceptors (Lipinski definition) is 2. The molecule has 0 spiro atoms. The first-order valence-electron chi connectivity index (χ1n) is 6.55. The van der Waals surface area contributed by atoms with Crippen molar-refractivity contribution in [2.75, 3.05) is 13.1 Å². The maximum absolute atomic E-state index is 5.65. The van der Waals surface area contributed by atoms with Crippen molar-refractivity contribution in [3.63, 3.8) is 0 Å². The first-order chi connectivity index (χ1) is 8.43. The molecule has 100 valence electrons. The Hall–Kier alpha value is -0.930. The van der Waals surface area contributed by atoms with Gasteiger partial charge in [0.25, 0.3) is 0 Å². The minimum atomic E-state index is 0.471. The Morgan fingerprint density at radius 3 is 2.50 bits per heavy atom. The molecule has 0 aliphatic carbocycles. The summed E-state index contributed by atoms with van der Waals surface area (Å²) in [6, 6.07) is 6.25. The van der Waals surface area contributed by atoms with E-state index in [-0.39, 0.29) is 0 Å². The number of aryl methyl sites for hydroxylation is 1. The predicted molar refractivity (Wildman–Crippen MR) is 82.9 cm³/mol. The third-order valence-electron chi connectivity index (χ3n) is 3.09. The lowest BCUT2D eigenvalue weighted by molar-refractivity contribution is 0.248. The molecule has 2 nitrogen and oxygen atoms in total. The summed E-state index contributed by atoms with van der Waals surface area (Å²) in [4.78, 5) is 2.94. The van der Waals surface area contributed by atoms with Gasteiger partial charge in [0.05, 0.1) is 0 Å². The molecule has 18 heavy (non-hydrogen) atoms. The molecule has 0 saturated heterocycles. The summed E-state index contributed by atoms with van der Waals surface area (Å²) in [5, 5.41) is 0. The van der Waals surface area contributed by atoms with Crippen molar-refractivity contribution in [3.8, 4) is 0 Å². The molecule has 2 N–H and O–H groups in total. The third kappa shape index (κ3) is 4.39. The Kier molecular flexibility index (Phi) is 5.76. The normalized spacial score (nSPS) is 11.2. The van der Waals surface area contributed by atoms with E-state index in [4.69, 9.17) is 18.0 Å². The highest BCUT2D eigenvalue weighted by atomic mass is 32.1. The molecule has 0 unspecified atom stereocenters. The van der Waals surface area contributed by atoms with Gasteiger partial charge >= 0.3 is 0 Å². The maximum Gasteiger partial charge on any atom is 0.103 e. The van der Waals surface area contributed by atoms with Crippen LogP contribution in [0.2, 0.25) is 0 Å². The van der Waals surface area contributed by atoms with Gasteiger partial charge in [-0.15, -0.1) is 0 Å². The molecule has 0 fully saturated rings. The average molecular weight is 264 g/mol. The van der Waals surface area contributed by atoms with Gasteiger partial charge in [-0.25, -0.2) is 0 Å². The molecular weight excluding hydrogens is 240 g/mol. The van der Waals surface area contributed by atoms with E-state index in [1.807, 2.05) is 6.07 Å². The van der Waals surface area contributed by atoms with Crippen LogP contribution in [0.25, 0.3) is 0 Å². The van der Waals surface area contributed by atoms with Crippen molar-refractivity contribution in [2.24, 2.45) is 11.7 Å². The lowest BCUT2D eigenvalue weighted by atomic mass is 10.0. The Labute approximate surface area is 116 Å². The Morgan fingerprint density at radius 1 is 1.39 bits per heavy atom. The minimum absolute atomic E-state index is 0.471. The molecule has 0 bridgehead atoms. The summed E-state index contributed by atoms with van der Waals surface area (Å²) in [6.45, 7) is 12.1. The second-order valence-corrected chi connectivity index (χ2v) is 5.67. The monoisotopic (exact) mass is 264 g/mol. The zero-order valence-corrected chi connectivity index (χ0v) is 12.7. The van der Waals surface area contributed by atoms with Crippen LogP contribution in [-0.4, -0.2) is 23.0 Å². The van der Waals surface area contributed by atoms with Crippen molar-refractivity contribution in [1.29, 1.82) is 0 Å². The molecule has 0 aromatic heterocycles. The van der Waals surface area contributed by atoms with Crippen LogP contribution in [0.1, 0.15) is 37.5 Å². The molecule has 0 heterocycles. The molecule has 3 heteroatoms. The minimum Gasteiger partial charge on any atom is -0.389 e. The molecule has 0 aliphatic rings. The van der Waals surface area contributed by atoms with E-state index in [1.54, 1.807) is 0 Å². The Balaban J connectivity index is 2.80. The molecule has 1 aromatic rings. The molecule has 1 rings (SSSR count). The van der Waals surface area contributed by atoms with Gasteiger partial charge in [-0.2, -0.15) is 0 Å². The lowest BCUT2D eigenvalue weighted by Gasteiger charge is -2.23. The van der Waals surface area contributed by atoms with Crippen LogP contribution in [0.3, 0.4) is 0 Å². The second-order valence-electron chi connectivity index (χ2n) is 5.23. The van der Waals surface area contributed by atoms with Crippen molar-refractivity contribution in [2.45, 2.75) is 34.2 Å². The van der Waals surface area contributed by atoms with Crippen LogP contribution in [-0.2, 0) is 6.54 Å². The van der Waals surface area contributed by atoms with E-state index in [2.05, 4.69) is 44.7 Å². The lowest BCUT2D eigenvalue weighted by Crippen LogP contribution is -2.27. The van der Waals surface area contributed by atoms with E-state index in [0.717, 1.165) is 25.2 Å². The van der Waals surface area contributed by atoms with Gasteiger partial charge in [-0.3, -0.25) is 4.90 Å². The van der Waals surface area contributed by atoms with Gasteiger partial charge in [-0.05, 0) is 36.6 Å². The first-order valence-corrected chi connectivity index (χ1v) is 6.96. The highest BCUT2D eigenvalue weighted by Crippen LogP contribution is 2.14. The van der Waals surface area contributed by atoms with Crippen molar-refractivity contribution >= 4 is 17.2 Å². The number of nitrogens with zero attached hydrogens (tertiary/aromatic N) is 1. The highest BCUT2D eigenvalue weighted by molar-refractivity contribution is 7.80. The van der Waals surface area contributed by atoms with Gasteiger partial charge in [0.1, 0.15) is 4.99 Å². The standard InChI is InChI=1S/C15H24N2S/c1-5-17(9-11(2)3)10-14-7-6-13(15(16)18)8-12(14)4/h6-8,11H,5,9-10H2,1-4H3,(H2,16,18). The first kappa shape index (κ1) is 15.1. The smallest absolute Gasteiger partial charge is 0.103 e. The number of hydrogen-bond donors (Lipinski definition) is 1. The summed E-state index contributed by atoms with van der Waals surface area (Å²) in [5.41, 5.74) is 9.23. The van der Waals surface area contributed by atoms with E-state index in [1.165, 1.54) is 11.1 Å². The van der Waals surface area contributed by atoms with Gasteiger partial charge in [0, 0.05) is 18.7 Å². The van der Waals surface area contributed by atoms with Crippen LogP contribution < -0.4 is 5.73 Å². The van der Waals surface area contributed by atoms with Gasteiger partial charge in [0.15, 0.2) is 0 Å². The van der Waals surface area contributed by atoms with E-state index < -0.39 is 0 Å².